The van der Waals surface area contributed by atoms with Crippen molar-refractivity contribution in [1.82, 2.24) is 9.80 Å². The Bertz CT molecular complexity index is 1300. The molecule has 0 aromatic heterocycles. The third-order valence-electron chi connectivity index (χ3n) is 6.61. The van der Waals surface area contributed by atoms with Gasteiger partial charge in [0.15, 0.2) is 23.0 Å². The number of piperazine rings is 1. The van der Waals surface area contributed by atoms with Crippen molar-refractivity contribution in [2.75, 3.05) is 47.2 Å². The second kappa shape index (κ2) is 10.9. The Labute approximate surface area is 215 Å². The third kappa shape index (κ3) is 5.54. The Morgan fingerprint density at radius 3 is 2.35 bits per heavy atom. The molecule has 7 nitrogen and oxygen atoms in total. The molecule has 3 aromatic rings. The molecule has 0 unspecified atom stereocenters. The van der Waals surface area contributed by atoms with Crippen molar-refractivity contribution >= 4 is 17.6 Å². The summed E-state index contributed by atoms with van der Waals surface area (Å²) in [4.78, 5) is 18.0. The maximum Gasteiger partial charge on any atom is 0.254 e. The largest absolute Gasteiger partial charge is 0.493 e. The summed E-state index contributed by atoms with van der Waals surface area (Å²) in [5.41, 5.74) is 3.10. The van der Waals surface area contributed by atoms with Gasteiger partial charge in [0.05, 0.1) is 14.2 Å². The minimum absolute atomic E-state index is 0.0840. The van der Waals surface area contributed by atoms with Crippen LogP contribution in [0.4, 0.5) is 4.39 Å². The van der Waals surface area contributed by atoms with Crippen LogP contribution in [0.15, 0.2) is 60.7 Å². The Balaban J connectivity index is 1.33. The zero-order valence-electron chi connectivity index (χ0n) is 20.9. The molecular formula is C29H29FN2O5. The first-order valence-corrected chi connectivity index (χ1v) is 12.1. The van der Waals surface area contributed by atoms with Crippen LogP contribution in [0, 0.1) is 5.82 Å². The number of ether oxygens (including phenoxy) is 4. The lowest BCUT2D eigenvalue weighted by atomic mass is 10.00. The Morgan fingerprint density at radius 2 is 1.62 bits per heavy atom. The molecule has 0 bridgehead atoms. The molecule has 0 aliphatic carbocycles. The summed E-state index contributed by atoms with van der Waals surface area (Å²) in [7, 11) is 3.13. The fraction of sp³-hybridized carbons (Fsp3) is 0.276. The number of carbonyl (C=O) groups excluding carboxylic acids is 1. The van der Waals surface area contributed by atoms with Crippen molar-refractivity contribution in [1.29, 1.82) is 0 Å². The van der Waals surface area contributed by atoms with Crippen molar-refractivity contribution in [2.24, 2.45) is 0 Å². The van der Waals surface area contributed by atoms with Crippen molar-refractivity contribution in [2.45, 2.75) is 6.54 Å². The van der Waals surface area contributed by atoms with E-state index in [4.69, 9.17) is 18.9 Å². The molecule has 0 radical (unpaired) electrons. The molecule has 192 valence electrons. The van der Waals surface area contributed by atoms with Crippen LogP contribution >= 0.6 is 0 Å². The topological polar surface area (TPSA) is 60.5 Å². The molecule has 0 saturated carbocycles. The molecule has 5 rings (SSSR count). The standard InChI is InChI=1S/C29H29FN2O5/c1-34-25-10-6-22(17-27(25)35-2)24(15-20-3-7-23(30)8-4-20)29(33)32-13-11-31(12-14-32)18-21-5-9-26-28(16-21)37-19-36-26/h3-10,15-17H,11-14,18-19H2,1-2H3/b24-15+. The van der Waals surface area contributed by atoms with Gasteiger partial charge in [-0.3, -0.25) is 9.69 Å². The molecule has 3 aromatic carbocycles. The van der Waals surface area contributed by atoms with E-state index >= 15 is 0 Å². The molecule has 1 amide bonds. The molecular weight excluding hydrogens is 475 g/mol. The Hall–Kier alpha value is -4.04. The van der Waals surface area contributed by atoms with E-state index in [-0.39, 0.29) is 18.5 Å². The van der Waals surface area contributed by atoms with E-state index in [9.17, 15) is 9.18 Å². The highest BCUT2D eigenvalue weighted by molar-refractivity contribution is 6.24. The van der Waals surface area contributed by atoms with Gasteiger partial charge in [0.1, 0.15) is 5.82 Å². The van der Waals surface area contributed by atoms with Crippen LogP contribution in [-0.2, 0) is 11.3 Å². The molecule has 37 heavy (non-hydrogen) atoms. The van der Waals surface area contributed by atoms with Gasteiger partial charge in [0.25, 0.3) is 5.91 Å². The number of methoxy groups -OCH3 is 2. The van der Waals surface area contributed by atoms with Crippen molar-refractivity contribution in [3.63, 3.8) is 0 Å². The molecule has 2 aliphatic heterocycles. The number of carbonyl (C=O) groups is 1. The summed E-state index contributed by atoms with van der Waals surface area (Å²) in [5, 5.41) is 0. The number of fused-ring (bicyclic) bond motifs is 1. The number of halogens is 1. The smallest absolute Gasteiger partial charge is 0.254 e. The highest BCUT2D eigenvalue weighted by Gasteiger charge is 2.26. The van der Waals surface area contributed by atoms with Crippen molar-refractivity contribution < 1.29 is 28.1 Å². The van der Waals surface area contributed by atoms with Gasteiger partial charge in [-0.25, -0.2) is 4.39 Å². The summed E-state index contributed by atoms with van der Waals surface area (Å²) >= 11 is 0. The highest BCUT2D eigenvalue weighted by atomic mass is 19.1. The van der Waals surface area contributed by atoms with Crippen LogP contribution in [0.3, 0.4) is 0 Å². The SMILES string of the molecule is COc1ccc(/C(=C\c2ccc(F)cc2)C(=O)N2CCN(Cc3ccc4c(c3)OCO4)CC2)cc1OC. The van der Waals surface area contributed by atoms with Crippen LogP contribution in [0.1, 0.15) is 16.7 Å². The molecule has 1 saturated heterocycles. The second-order valence-corrected chi connectivity index (χ2v) is 8.94. The maximum atomic E-state index is 13.8. The monoisotopic (exact) mass is 504 g/mol. The third-order valence-corrected chi connectivity index (χ3v) is 6.61. The van der Waals surface area contributed by atoms with Gasteiger partial charge in [-0.1, -0.05) is 24.3 Å². The normalized spacial score (nSPS) is 15.5. The summed E-state index contributed by atoms with van der Waals surface area (Å²) < 4.78 is 35.2. The molecule has 8 heteroatoms. The number of hydrogen-bond donors (Lipinski definition) is 0. The van der Waals surface area contributed by atoms with Crippen LogP contribution in [-0.4, -0.2) is 62.9 Å². The van der Waals surface area contributed by atoms with E-state index in [0.717, 1.165) is 42.3 Å². The predicted octanol–water partition coefficient (Wildman–Crippen LogP) is 4.46. The fourth-order valence-electron chi connectivity index (χ4n) is 4.57. The lowest BCUT2D eigenvalue weighted by molar-refractivity contribution is -0.126. The van der Waals surface area contributed by atoms with Gasteiger partial charge in [0, 0.05) is 38.3 Å². The summed E-state index contributed by atoms with van der Waals surface area (Å²) in [5.74, 6) is 2.25. The number of nitrogens with zero attached hydrogens (tertiary/aromatic N) is 2. The minimum atomic E-state index is -0.324. The first-order valence-electron chi connectivity index (χ1n) is 12.1. The number of hydrogen-bond acceptors (Lipinski definition) is 6. The number of amides is 1. The fourth-order valence-corrected chi connectivity index (χ4v) is 4.57. The predicted molar refractivity (Wildman–Crippen MR) is 138 cm³/mol. The van der Waals surface area contributed by atoms with E-state index in [1.54, 1.807) is 44.6 Å². The molecule has 0 N–H and O–H groups in total. The zero-order valence-corrected chi connectivity index (χ0v) is 20.9. The molecule has 2 aliphatic rings. The molecule has 0 atom stereocenters. The first kappa shape index (κ1) is 24.6. The van der Waals surface area contributed by atoms with Crippen LogP contribution in [0.5, 0.6) is 23.0 Å². The lowest BCUT2D eigenvalue weighted by Crippen LogP contribution is -2.48. The second-order valence-electron chi connectivity index (χ2n) is 8.94. The number of benzene rings is 3. The van der Waals surface area contributed by atoms with Crippen molar-refractivity contribution in [3.05, 3.63) is 83.2 Å². The Kier molecular flexibility index (Phi) is 7.28. The van der Waals surface area contributed by atoms with E-state index in [2.05, 4.69) is 4.90 Å². The molecule has 2 heterocycles. The summed E-state index contributed by atoms with van der Waals surface area (Å²) in [6, 6.07) is 17.5. The lowest BCUT2D eigenvalue weighted by Gasteiger charge is -2.35. The van der Waals surface area contributed by atoms with Crippen LogP contribution in [0.25, 0.3) is 11.6 Å². The van der Waals surface area contributed by atoms with Gasteiger partial charge in [-0.15, -0.1) is 0 Å². The van der Waals surface area contributed by atoms with Gasteiger partial charge in [-0.2, -0.15) is 0 Å². The van der Waals surface area contributed by atoms with Gasteiger partial charge >= 0.3 is 0 Å². The first-order chi connectivity index (χ1) is 18.0. The van der Waals surface area contributed by atoms with E-state index in [1.807, 2.05) is 29.2 Å². The average molecular weight is 505 g/mol. The number of rotatable bonds is 7. The van der Waals surface area contributed by atoms with E-state index < -0.39 is 0 Å². The van der Waals surface area contributed by atoms with Crippen LogP contribution < -0.4 is 18.9 Å². The van der Waals surface area contributed by atoms with E-state index in [0.29, 0.717) is 35.7 Å². The Morgan fingerprint density at radius 1 is 0.892 bits per heavy atom. The van der Waals surface area contributed by atoms with Crippen LogP contribution in [0.2, 0.25) is 0 Å². The highest BCUT2D eigenvalue weighted by Crippen LogP contribution is 2.34. The summed E-state index contributed by atoms with van der Waals surface area (Å²) in [6.07, 6.45) is 1.79. The van der Waals surface area contributed by atoms with Gasteiger partial charge in [0.2, 0.25) is 6.79 Å². The maximum absolute atomic E-state index is 13.8. The molecule has 0 spiro atoms. The van der Waals surface area contributed by atoms with Gasteiger partial charge in [-0.05, 0) is 59.2 Å². The average Bonchev–Trinajstić information content (AvgIpc) is 3.40. The van der Waals surface area contributed by atoms with Crippen molar-refractivity contribution in [3.8, 4) is 23.0 Å². The minimum Gasteiger partial charge on any atom is -0.493 e. The summed E-state index contributed by atoms with van der Waals surface area (Å²) in [6.45, 7) is 3.71. The molecule has 1 fully saturated rings. The van der Waals surface area contributed by atoms with E-state index in [1.165, 1.54) is 12.1 Å². The quantitative estimate of drug-likeness (QED) is 0.350. The zero-order chi connectivity index (χ0) is 25.8. The van der Waals surface area contributed by atoms with Gasteiger partial charge < -0.3 is 23.8 Å².